The van der Waals surface area contributed by atoms with Crippen LogP contribution < -0.4 is 10.0 Å². The van der Waals surface area contributed by atoms with Crippen LogP contribution in [-0.4, -0.2) is 33.2 Å². The Morgan fingerprint density at radius 3 is 2.53 bits per heavy atom. The van der Waals surface area contributed by atoms with Crippen LogP contribution in [-0.2, 0) is 10.0 Å². The van der Waals surface area contributed by atoms with E-state index in [4.69, 9.17) is 10.2 Å². The molecular weight excluding hydrogens is 271 g/mol. The fourth-order valence-electron chi connectivity index (χ4n) is 2.33. The quantitative estimate of drug-likeness (QED) is 0.857. The lowest BCUT2D eigenvalue weighted by molar-refractivity contribution is 0.203. The molecule has 1 aromatic rings. The molecule has 0 saturated carbocycles. The number of piperidine rings is 1. The molecule has 1 aliphatic rings. The van der Waals surface area contributed by atoms with E-state index in [0.717, 1.165) is 18.9 Å². The third-order valence-electron chi connectivity index (χ3n) is 3.44. The van der Waals surface area contributed by atoms with Crippen LogP contribution >= 0.6 is 0 Å². The average molecular weight is 288 g/mol. The van der Waals surface area contributed by atoms with Crippen molar-refractivity contribution in [2.24, 2.45) is 11.1 Å². The number of halogens is 1. The van der Waals surface area contributed by atoms with Gasteiger partial charge in [0.05, 0.1) is 5.69 Å². The molecule has 1 saturated heterocycles. The van der Waals surface area contributed by atoms with E-state index in [9.17, 15) is 12.8 Å². The Hall–Kier alpha value is -1.18. The molecule has 0 atom stereocenters. The SMILES string of the molecule is NS(=O)(=O)c1ccc(F)cc1N1CCC(CO)CC1. The Balaban J connectivity index is 2.32. The molecule has 0 radical (unpaired) electrons. The Kier molecular flexibility index (Phi) is 4.07. The minimum atomic E-state index is -3.88. The Labute approximate surface area is 111 Å². The number of hydrogen-bond donors (Lipinski definition) is 2. The summed E-state index contributed by atoms with van der Waals surface area (Å²) in [6.45, 7) is 1.29. The highest BCUT2D eigenvalue weighted by molar-refractivity contribution is 7.89. The Bertz CT molecular complexity index is 554. The van der Waals surface area contributed by atoms with Crippen molar-refractivity contribution in [3.05, 3.63) is 24.0 Å². The number of aliphatic hydroxyl groups is 1. The summed E-state index contributed by atoms with van der Waals surface area (Å²) in [5.41, 5.74) is 0.305. The number of nitrogens with two attached hydrogens (primary N) is 1. The maximum atomic E-state index is 13.3. The molecule has 0 spiro atoms. The van der Waals surface area contributed by atoms with Crippen LogP contribution in [0.15, 0.2) is 23.1 Å². The van der Waals surface area contributed by atoms with Crippen LogP contribution in [0.2, 0.25) is 0 Å². The largest absolute Gasteiger partial charge is 0.396 e. The summed E-state index contributed by atoms with van der Waals surface area (Å²) in [7, 11) is -3.88. The molecule has 0 bridgehead atoms. The first-order valence-corrected chi connectivity index (χ1v) is 7.64. The molecule has 0 amide bonds. The summed E-state index contributed by atoms with van der Waals surface area (Å²) in [6.07, 6.45) is 1.49. The van der Waals surface area contributed by atoms with Crippen molar-refractivity contribution < 1.29 is 17.9 Å². The maximum absolute atomic E-state index is 13.3. The fourth-order valence-corrected chi connectivity index (χ4v) is 3.07. The molecule has 2 rings (SSSR count). The minimum Gasteiger partial charge on any atom is -0.396 e. The van der Waals surface area contributed by atoms with Gasteiger partial charge in [0, 0.05) is 19.7 Å². The van der Waals surface area contributed by atoms with Crippen molar-refractivity contribution in [2.45, 2.75) is 17.7 Å². The molecule has 7 heteroatoms. The van der Waals surface area contributed by atoms with Gasteiger partial charge in [-0.05, 0) is 37.0 Å². The van der Waals surface area contributed by atoms with Gasteiger partial charge in [0.25, 0.3) is 0 Å². The number of rotatable bonds is 3. The number of aliphatic hydroxyl groups excluding tert-OH is 1. The van der Waals surface area contributed by atoms with Crippen LogP contribution in [0.5, 0.6) is 0 Å². The fraction of sp³-hybridized carbons (Fsp3) is 0.500. The van der Waals surface area contributed by atoms with Gasteiger partial charge in [0.1, 0.15) is 10.7 Å². The lowest BCUT2D eigenvalue weighted by atomic mass is 9.97. The minimum absolute atomic E-state index is 0.0589. The number of sulfonamides is 1. The van der Waals surface area contributed by atoms with Crippen molar-refractivity contribution in [2.75, 3.05) is 24.6 Å². The zero-order chi connectivity index (χ0) is 14.0. The van der Waals surface area contributed by atoms with Crippen molar-refractivity contribution >= 4 is 15.7 Å². The predicted octanol–water partition coefficient (Wildman–Crippen LogP) is 0.682. The van der Waals surface area contributed by atoms with Crippen molar-refractivity contribution in [1.82, 2.24) is 0 Å². The lowest BCUT2D eigenvalue weighted by Gasteiger charge is -2.33. The lowest BCUT2D eigenvalue weighted by Crippen LogP contribution is -2.36. The third kappa shape index (κ3) is 3.23. The standard InChI is InChI=1S/C12H17FN2O3S/c13-10-1-2-12(19(14,17)18)11(7-10)15-5-3-9(8-16)4-6-15/h1-2,7,9,16H,3-6,8H2,(H2,14,17,18). The van der Waals surface area contributed by atoms with Crippen molar-refractivity contribution in [1.29, 1.82) is 0 Å². The molecule has 1 aliphatic heterocycles. The van der Waals surface area contributed by atoms with E-state index in [1.165, 1.54) is 12.1 Å². The van der Waals surface area contributed by atoms with E-state index in [1.807, 2.05) is 0 Å². The molecular formula is C12H17FN2O3S. The van der Waals surface area contributed by atoms with Crippen LogP contribution in [0, 0.1) is 11.7 Å². The first-order valence-electron chi connectivity index (χ1n) is 6.10. The number of hydrogen-bond acceptors (Lipinski definition) is 4. The summed E-state index contributed by atoms with van der Waals surface area (Å²) in [5, 5.41) is 14.2. The van der Waals surface area contributed by atoms with E-state index < -0.39 is 15.8 Å². The summed E-state index contributed by atoms with van der Waals surface area (Å²) in [6, 6.07) is 3.47. The second kappa shape index (κ2) is 5.44. The van der Waals surface area contributed by atoms with Gasteiger partial charge in [-0.15, -0.1) is 0 Å². The molecule has 3 N–H and O–H groups in total. The molecule has 0 aliphatic carbocycles. The molecule has 0 aromatic heterocycles. The van der Waals surface area contributed by atoms with Gasteiger partial charge in [-0.2, -0.15) is 0 Å². The summed E-state index contributed by atoms with van der Waals surface area (Å²) in [5.74, 6) is -0.269. The van der Waals surface area contributed by atoms with Gasteiger partial charge in [-0.25, -0.2) is 17.9 Å². The highest BCUT2D eigenvalue weighted by atomic mass is 32.2. The molecule has 1 heterocycles. The van der Waals surface area contributed by atoms with E-state index in [1.54, 1.807) is 4.90 Å². The maximum Gasteiger partial charge on any atom is 0.240 e. The zero-order valence-electron chi connectivity index (χ0n) is 10.4. The number of anilines is 1. The molecule has 106 valence electrons. The Morgan fingerprint density at radius 2 is 2.00 bits per heavy atom. The van der Waals surface area contributed by atoms with Crippen molar-refractivity contribution in [3.63, 3.8) is 0 Å². The van der Waals surface area contributed by atoms with Crippen LogP contribution in [0.3, 0.4) is 0 Å². The average Bonchev–Trinajstić information content (AvgIpc) is 2.37. The van der Waals surface area contributed by atoms with Gasteiger partial charge in [0.2, 0.25) is 10.0 Å². The Morgan fingerprint density at radius 1 is 1.37 bits per heavy atom. The first-order chi connectivity index (χ1) is 8.91. The topological polar surface area (TPSA) is 83.6 Å². The number of nitrogens with zero attached hydrogens (tertiary/aromatic N) is 1. The predicted molar refractivity (Wildman–Crippen MR) is 69.8 cm³/mol. The number of benzene rings is 1. The van der Waals surface area contributed by atoms with Crippen LogP contribution in [0.4, 0.5) is 10.1 Å². The molecule has 5 nitrogen and oxygen atoms in total. The van der Waals surface area contributed by atoms with Gasteiger partial charge >= 0.3 is 0 Å². The molecule has 0 unspecified atom stereocenters. The molecule has 19 heavy (non-hydrogen) atoms. The third-order valence-corrected chi connectivity index (χ3v) is 4.40. The van der Waals surface area contributed by atoms with Crippen LogP contribution in [0.25, 0.3) is 0 Å². The van der Waals surface area contributed by atoms with E-state index >= 15 is 0 Å². The highest BCUT2D eigenvalue weighted by Crippen LogP contribution is 2.29. The summed E-state index contributed by atoms with van der Waals surface area (Å²) >= 11 is 0. The monoisotopic (exact) mass is 288 g/mol. The highest BCUT2D eigenvalue weighted by Gasteiger charge is 2.24. The molecule has 1 fully saturated rings. The molecule has 1 aromatic carbocycles. The van der Waals surface area contributed by atoms with E-state index in [-0.39, 0.29) is 17.4 Å². The number of primary sulfonamides is 1. The zero-order valence-corrected chi connectivity index (χ0v) is 11.2. The second-order valence-electron chi connectivity index (χ2n) is 4.77. The van der Waals surface area contributed by atoms with Gasteiger partial charge < -0.3 is 10.0 Å². The summed E-state index contributed by atoms with van der Waals surface area (Å²) in [4.78, 5) is 1.74. The van der Waals surface area contributed by atoms with Crippen molar-refractivity contribution in [3.8, 4) is 0 Å². The smallest absolute Gasteiger partial charge is 0.240 e. The van der Waals surface area contributed by atoms with Gasteiger partial charge in [0.15, 0.2) is 0 Å². The first kappa shape index (κ1) is 14.2. The van der Waals surface area contributed by atoms with Crippen LogP contribution in [0.1, 0.15) is 12.8 Å². The summed E-state index contributed by atoms with van der Waals surface area (Å²) < 4.78 is 36.4. The van der Waals surface area contributed by atoms with E-state index in [0.29, 0.717) is 18.8 Å². The second-order valence-corrected chi connectivity index (χ2v) is 6.30. The van der Waals surface area contributed by atoms with E-state index in [2.05, 4.69) is 0 Å². The van der Waals surface area contributed by atoms with Gasteiger partial charge in [-0.3, -0.25) is 0 Å². The van der Waals surface area contributed by atoms with Gasteiger partial charge in [-0.1, -0.05) is 0 Å². The normalized spacial score (nSPS) is 17.7.